The van der Waals surface area contributed by atoms with E-state index >= 15 is 0 Å². The summed E-state index contributed by atoms with van der Waals surface area (Å²) in [5.74, 6) is -1.02. The van der Waals surface area contributed by atoms with Crippen LogP contribution in [0.5, 0.6) is 0 Å². The summed E-state index contributed by atoms with van der Waals surface area (Å²) in [6.07, 6.45) is 0.398. The SMILES string of the molecule is CC(C)N1C[C@@H](C(=O)NCCNC(=O)Cc2ccc(F)cc2)CC1=O. The fourth-order valence-corrected chi connectivity index (χ4v) is 2.79. The van der Waals surface area contributed by atoms with Crippen LogP contribution in [0.15, 0.2) is 24.3 Å². The van der Waals surface area contributed by atoms with Gasteiger partial charge in [0.05, 0.1) is 12.3 Å². The molecule has 1 aromatic carbocycles. The second-order valence-corrected chi connectivity index (χ2v) is 6.49. The Hall–Kier alpha value is -2.44. The first kappa shape index (κ1) is 18.9. The summed E-state index contributed by atoms with van der Waals surface area (Å²) in [6.45, 7) is 4.91. The van der Waals surface area contributed by atoms with Gasteiger partial charge in [0.2, 0.25) is 17.7 Å². The van der Waals surface area contributed by atoms with Crippen LogP contribution in [0.1, 0.15) is 25.8 Å². The largest absolute Gasteiger partial charge is 0.354 e. The molecule has 1 aliphatic rings. The average molecular weight is 349 g/mol. The second kappa shape index (κ2) is 8.60. The Balaban J connectivity index is 1.65. The number of hydrogen-bond acceptors (Lipinski definition) is 3. The van der Waals surface area contributed by atoms with Gasteiger partial charge in [0.25, 0.3) is 0 Å². The third kappa shape index (κ3) is 5.55. The highest BCUT2D eigenvalue weighted by Crippen LogP contribution is 2.19. The van der Waals surface area contributed by atoms with Crippen LogP contribution in [-0.2, 0) is 20.8 Å². The molecule has 0 radical (unpaired) electrons. The number of benzene rings is 1. The molecule has 2 rings (SSSR count). The highest BCUT2D eigenvalue weighted by Gasteiger charge is 2.35. The van der Waals surface area contributed by atoms with Crippen LogP contribution in [0.25, 0.3) is 0 Å². The maximum atomic E-state index is 12.8. The lowest BCUT2D eigenvalue weighted by molar-refractivity contribution is -0.129. The molecule has 1 saturated heterocycles. The molecule has 0 unspecified atom stereocenters. The van der Waals surface area contributed by atoms with Crippen molar-refractivity contribution in [3.8, 4) is 0 Å². The lowest BCUT2D eigenvalue weighted by Gasteiger charge is -2.20. The molecule has 3 amide bonds. The molecular formula is C18H24FN3O3. The van der Waals surface area contributed by atoms with Crippen LogP contribution in [0, 0.1) is 11.7 Å². The molecule has 1 aliphatic heterocycles. The number of nitrogens with zero attached hydrogens (tertiary/aromatic N) is 1. The fourth-order valence-electron chi connectivity index (χ4n) is 2.79. The predicted molar refractivity (Wildman–Crippen MR) is 91.1 cm³/mol. The summed E-state index contributed by atoms with van der Waals surface area (Å²) in [4.78, 5) is 37.4. The molecule has 7 heteroatoms. The molecule has 0 aliphatic carbocycles. The van der Waals surface area contributed by atoms with Crippen molar-refractivity contribution in [1.82, 2.24) is 15.5 Å². The third-order valence-corrected chi connectivity index (χ3v) is 4.18. The molecule has 0 saturated carbocycles. The van der Waals surface area contributed by atoms with E-state index in [-0.39, 0.29) is 48.3 Å². The van der Waals surface area contributed by atoms with Crippen molar-refractivity contribution in [3.05, 3.63) is 35.6 Å². The molecule has 1 heterocycles. The van der Waals surface area contributed by atoms with Gasteiger partial charge in [0, 0.05) is 32.1 Å². The lowest BCUT2D eigenvalue weighted by Crippen LogP contribution is -2.39. The van der Waals surface area contributed by atoms with E-state index in [4.69, 9.17) is 0 Å². The van der Waals surface area contributed by atoms with E-state index in [1.165, 1.54) is 12.1 Å². The van der Waals surface area contributed by atoms with E-state index in [2.05, 4.69) is 10.6 Å². The molecular weight excluding hydrogens is 325 g/mol. The smallest absolute Gasteiger partial charge is 0.225 e. The summed E-state index contributed by atoms with van der Waals surface area (Å²) < 4.78 is 12.8. The zero-order valence-electron chi connectivity index (χ0n) is 14.5. The van der Waals surface area contributed by atoms with Gasteiger partial charge in [-0.3, -0.25) is 14.4 Å². The van der Waals surface area contributed by atoms with E-state index in [9.17, 15) is 18.8 Å². The number of nitrogens with one attached hydrogen (secondary N) is 2. The van der Waals surface area contributed by atoms with Crippen LogP contribution in [-0.4, -0.2) is 48.3 Å². The zero-order valence-corrected chi connectivity index (χ0v) is 14.5. The maximum absolute atomic E-state index is 12.8. The Kier molecular flexibility index (Phi) is 6.50. The number of amides is 3. The predicted octanol–water partition coefficient (Wildman–Crippen LogP) is 0.857. The van der Waals surface area contributed by atoms with Gasteiger partial charge in [-0.25, -0.2) is 4.39 Å². The number of carbonyl (C=O) groups is 3. The van der Waals surface area contributed by atoms with Crippen LogP contribution in [0.3, 0.4) is 0 Å². The minimum atomic E-state index is -0.340. The van der Waals surface area contributed by atoms with Gasteiger partial charge in [-0.1, -0.05) is 12.1 Å². The molecule has 25 heavy (non-hydrogen) atoms. The van der Waals surface area contributed by atoms with Gasteiger partial charge in [-0.2, -0.15) is 0 Å². The van der Waals surface area contributed by atoms with Crippen molar-refractivity contribution in [2.24, 2.45) is 5.92 Å². The third-order valence-electron chi connectivity index (χ3n) is 4.18. The van der Waals surface area contributed by atoms with Crippen molar-refractivity contribution in [3.63, 3.8) is 0 Å². The second-order valence-electron chi connectivity index (χ2n) is 6.49. The minimum Gasteiger partial charge on any atom is -0.354 e. The number of carbonyl (C=O) groups excluding carboxylic acids is 3. The Labute approximate surface area is 146 Å². The van der Waals surface area contributed by atoms with Crippen LogP contribution in [0.2, 0.25) is 0 Å². The Morgan fingerprint density at radius 1 is 1.20 bits per heavy atom. The number of rotatable bonds is 7. The van der Waals surface area contributed by atoms with Crippen molar-refractivity contribution < 1.29 is 18.8 Å². The highest BCUT2D eigenvalue weighted by molar-refractivity contribution is 5.89. The van der Waals surface area contributed by atoms with Crippen molar-refractivity contribution in [2.45, 2.75) is 32.7 Å². The summed E-state index contributed by atoms with van der Waals surface area (Å²) >= 11 is 0. The number of hydrogen-bond donors (Lipinski definition) is 2. The molecule has 0 bridgehead atoms. The van der Waals surface area contributed by atoms with Gasteiger partial charge >= 0.3 is 0 Å². The highest BCUT2D eigenvalue weighted by atomic mass is 19.1. The summed E-state index contributed by atoms with van der Waals surface area (Å²) in [5.41, 5.74) is 0.723. The monoisotopic (exact) mass is 349 g/mol. The number of likely N-dealkylation sites (tertiary alicyclic amines) is 1. The Morgan fingerprint density at radius 2 is 1.84 bits per heavy atom. The van der Waals surface area contributed by atoms with Crippen LogP contribution >= 0.6 is 0 Å². The van der Waals surface area contributed by atoms with E-state index in [0.717, 1.165) is 5.56 Å². The van der Waals surface area contributed by atoms with Crippen LogP contribution < -0.4 is 10.6 Å². The molecule has 136 valence electrons. The average Bonchev–Trinajstić information content (AvgIpc) is 2.96. The van der Waals surface area contributed by atoms with E-state index in [1.54, 1.807) is 17.0 Å². The van der Waals surface area contributed by atoms with E-state index in [1.807, 2.05) is 13.8 Å². The van der Waals surface area contributed by atoms with E-state index < -0.39 is 0 Å². The molecule has 0 spiro atoms. The maximum Gasteiger partial charge on any atom is 0.225 e. The zero-order chi connectivity index (χ0) is 18.4. The molecule has 1 fully saturated rings. The summed E-state index contributed by atoms with van der Waals surface area (Å²) in [6, 6.07) is 5.84. The van der Waals surface area contributed by atoms with E-state index in [0.29, 0.717) is 19.6 Å². The molecule has 1 atom stereocenters. The minimum absolute atomic E-state index is 0.00255. The Morgan fingerprint density at radius 3 is 2.44 bits per heavy atom. The van der Waals surface area contributed by atoms with Gasteiger partial charge in [0.15, 0.2) is 0 Å². The summed E-state index contributed by atoms with van der Waals surface area (Å²) in [5, 5.41) is 5.45. The van der Waals surface area contributed by atoms with Gasteiger partial charge in [-0.05, 0) is 31.5 Å². The standard InChI is InChI=1S/C18H24FN3O3/c1-12(2)22-11-14(10-17(22)24)18(25)21-8-7-20-16(23)9-13-3-5-15(19)6-4-13/h3-6,12,14H,7-11H2,1-2H3,(H,20,23)(H,21,25)/t14-/m0/s1. The molecule has 6 nitrogen and oxygen atoms in total. The topological polar surface area (TPSA) is 78.5 Å². The Bertz CT molecular complexity index is 631. The van der Waals surface area contributed by atoms with Gasteiger partial charge in [-0.15, -0.1) is 0 Å². The van der Waals surface area contributed by atoms with Gasteiger partial charge < -0.3 is 15.5 Å². The summed E-state index contributed by atoms with van der Waals surface area (Å²) in [7, 11) is 0. The van der Waals surface area contributed by atoms with Crippen molar-refractivity contribution >= 4 is 17.7 Å². The lowest BCUT2D eigenvalue weighted by atomic mass is 10.1. The normalized spacial score (nSPS) is 17.0. The quantitative estimate of drug-likeness (QED) is 0.717. The van der Waals surface area contributed by atoms with Gasteiger partial charge in [0.1, 0.15) is 5.82 Å². The number of halogens is 1. The molecule has 2 N–H and O–H groups in total. The fraction of sp³-hybridized carbons (Fsp3) is 0.500. The van der Waals surface area contributed by atoms with Crippen molar-refractivity contribution in [2.75, 3.05) is 19.6 Å². The first-order valence-electron chi connectivity index (χ1n) is 8.45. The molecule has 1 aromatic rings. The molecule has 0 aromatic heterocycles. The van der Waals surface area contributed by atoms with Crippen molar-refractivity contribution in [1.29, 1.82) is 0 Å². The first-order chi connectivity index (χ1) is 11.9. The first-order valence-corrected chi connectivity index (χ1v) is 8.45. The van der Waals surface area contributed by atoms with Crippen LogP contribution in [0.4, 0.5) is 4.39 Å².